The average molecular weight is 347 g/mol. The Morgan fingerprint density at radius 1 is 1.04 bits per heavy atom. The second kappa shape index (κ2) is 7.61. The summed E-state index contributed by atoms with van der Waals surface area (Å²) >= 11 is 0. The van der Waals surface area contributed by atoms with Crippen LogP contribution in [0, 0.1) is 5.41 Å². The van der Waals surface area contributed by atoms with Gasteiger partial charge in [0.1, 0.15) is 11.2 Å². The van der Waals surface area contributed by atoms with Crippen LogP contribution in [0.1, 0.15) is 26.3 Å². The minimum Gasteiger partial charge on any atom is -0.456 e. The Morgan fingerprint density at radius 3 is 2.62 bits per heavy atom. The summed E-state index contributed by atoms with van der Waals surface area (Å²) in [6.07, 6.45) is 8.07. The third-order valence-electron chi connectivity index (χ3n) is 4.08. The third-order valence-corrected chi connectivity index (χ3v) is 4.08. The van der Waals surface area contributed by atoms with Crippen LogP contribution in [0.4, 0.5) is 0 Å². The van der Waals surface area contributed by atoms with Crippen LogP contribution in [0.25, 0.3) is 21.9 Å². The van der Waals surface area contributed by atoms with Crippen molar-refractivity contribution in [1.82, 2.24) is 5.32 Å². The maximum atomic E-state index is 11.7. The summed E-state index contributed by atoms with van der Waals surface area (Å²) in [6, 6.07) is 14.4. The summed E-state index contributed by atoms with van der Waals surface area (Å²) in [5, 5.41) is 5.18. The van der Waals surface area contributed by atoms with Gasteiger partial charge < -0.3 is 9.73 Å². The van der Waals surface area contributed by atoms with Gasteiger partial charge >= 0.3 is 0 Å². The zero-order valence-corrected chi connectivity index (χ0v) is 15.6. The Labute approximate surface area is 154 Å². The lowest BCUT2D eigenvalue weighted by molar-refractivity contribution is -0.116. The van der Waals surface area contributed by atoms with Gasteiger partial charge in [-0.2, -0.15) is 0 Å². The fourth-order valence-electron chi connectivity index (χ4n) is 2.73. The lowest BCUT2D eigenvalue weighted by atomic mass is 9.97. The predicted molar refractivity (Wildman–Crippen MR) is 108 cm³/mol. The van der Waals surface area contributed by atoms with Crippen LogP contribution in [-0.2, 0) is 11.2 Å². The van der Waals surface area contributed by atoms with E-state index < -0.39 is 0 Å². The molecule has 134 valence electrons. The van der Waals surface area contributed by atoms with Crippen molar-refractivity contribution in [3.8, 4) is 0 Å². The van der Waals surface area contributed by atoms with Crippen LogP contribution in [0.15, 0.2) is 71.2 Å². The van der Waals surface area contributed by atoms with Gasteiger partial charge in [0, 0.05) is 23.4 Å². The molecule has 0 atom stereocenters. The summed E-state index contributed by atoms with van der Waals surface area (Å²) in [5.74, 6) is -0.0618. The fourth-order valence-corrected chi connectivity index (χ4v) is 2.73. The minimum absolute atomic E-state index is 0.0618. The van der Waals surface area contributed by atoms with Crippen molar-refractivity contribution in [2.24, 2.45) is 5.41 Å². The highest BCUT2D eigenvalue weighted by atomic mass is 16.3. The van der Waals surface area contributed by atoms with Crippen molar-refractivity contribution in [2.75, 3.05) is 6.54 Å². The Bertz CT molecular complexity index is 971. The second-order valence-corrected chi connectivity index (χ2v) is 7.70. The molecule has 0 aliphatic heterocycles. The van der Waals surface area contributed by atoms with E-state index in [0.717, 1.165) is 28.4 Å². The molecule has 0 fully saturated rings. The van der Waals surface area contributed by atoms with Gasteiger partial charge in [-0.25, -0.2) is 0 Å². The van der Waals surface area contributed by atoms with Crippen LogP contribution in [-0.4, -0.2) is 12.5 Å². The molecule has 3 nitrogen and oxygen atoms in total. The third kappa shape index (κ3) is 4.63. The molecule has 0 aliphatic rings. The van der Waals surface area contributed by atoms with Crippen LogP contribution in [0.2, 0.25) is 0 Å². The predicted octanol–water partition coefficient (Wildman–Crippen LogP) is 5.40. The van der Waals surface area contributed by atoms with Gasteiger partial charge in [-0.3, -0.25) is 4.79 Å². The highest BCUT2D eigenvalue weighted by Crippen LogP contribution is 2.29. The Kier molecular flexibility index (Phi) is 5.27. The van der Waals surface area contributed by atoms with E-state index in [1.54, 1.807) is 12.2 Å². The standard InChI is InChI=1S/C23H25NO2/c1-23(2,3)16-24-22(25)12-6-4-5-9-17-13-14-19-18-10-7-8-11-20(18)26-21(19)15-17/h4-8,10-15H,9,16H2,1-3H3,(H,24,25)/b5-4+,12-6+. The van der Waals surface area contributed by atoms with E-state index >= 15 is 0 Å². The fraction of sp³-hybridized carbons (Fsp3) is 0.261. The molecular weight excluding hydrogens is 322 g/mol. The molecule has 3 heteroatoms. The molecule has 0 unspecified atom stereocenters. The van der Waals surface area contributed by atoms with Crippen LogP contribution < -0.4 is 5.32 Å². The van der Waals surface area contributed by atoms with Gasteiger partial charge in [-0.1, -0.05) is 69.3 Å². The molecule has 0 bridgehead atoms. The Balaban J connectivity index is 1.59. The number of benzene rings is 2. The van der Waals surface area contributed by atoms with Crippen molar-refractivity contribution in [3.05, 3.63) is 72.3 Å². The summed E-state index contributed by atoms with van der Waals surface area (Å²) in [6.45, 7) is 6.94. The molecule has 0 saturated carbocycles. The summed E-state index contributed by atoms with van der Waals surface area (Å²) in [5.41, 5.74) is 3.10. The largest absolute Gasteiger partial charge is 0.456 e. The number of nitrogens with one attached hydrogen (secondary N) is 1. The molecule has 1 heterocycles. The van der Waals surface area contributed by atoms with Crippen molar-refractivity contribution in [2.45, 2.75) is 27.2 Å². The number of carbonyl (C=O) groups is 1. The van der Waals surface area contributed by atoms with Crippen molar-refractivity contribution >= 4 is 27.8 Å². The van der Waals surface area contributed by atoms with Gasteiger partial charge in [0.2, 0.25) is 5.91 Å². The molecule has 3 rings (SSSR count). The van der Waals surface area contributed by atoms with Gasteiger partial charge in [0.25, 0.3) is 0 Å². The maximum absolute atomic E-state index is 11.7. The van der Waals surface area contributed by atoms with E-state index in [-0.39, 0.29) is 11.3 Å². The molecular formula is C23H25NO2. The quantitative estimate of drug-likeness (QED) is 0.496. The first-order valence-electron chi connectivity index (χ1n) is 8.94. The van der Waals surface area contributed by atoms with E-state index in [2.05, 4.69) is 50.4 Å². The lowest BCUT2D eigenvalue weighted by Crippen LogP contribution is -2.30. The van der Waals surface area contributed by atoms with E-state index in [4.69, 9.17) is 4.42 Å². The Hall–Kier alpha value is -2.81. The molecule has 3 aromatic rings. The summed E-state index contributed by atoms with van der Waals surface area (Å²) < 4.78 is 5.92. The average Bonchev–Trinajstić information content (AvgIpc) is 2.97. The number of rotatable bonds is 5. The molecule has 0 spiro atoms. The minimum atomic E-state index is -0.0618. The van der Waals surface area contributed by atoms with Crippen LogP contribution in [0.3, 0.4) is 0 Å². The Morgan fingerprint density at radius 2 is 1.81 bits per heavy atom. The first-order valence-corrected chi connectivity index (χ1v) is 8.94. The van der Waals surface area contributed by atoms with E-state index in [1.807, 2.05) is 30.4 Å². The highest BCUT2D eigenvalue weighted by Gasteiger charge is 2.10. The van der Waals surface area contributed by atoms with Gasteiger partial charge in [0.05, 0.1) is 0 Å². The topological polar surface area (TPSA) is 42.2 Å². The number of hydrogen-bond acceptors (Lipinski definition) is 2. The SMILES string of the molecule is CC(C)(C)CNC(=O)/C=C/C=C/Cc1ccc2c(c1)oc1ccccc12. The van der Waals surface area contributed by atoms with Gasteiger partial charge in [-0.05, 0) is 29.5 Å². The van der Waals surface area contributed by atoms with Crippen molar-refractivity contribution in [1.29, 1.82) is 0 Å². The monoisotopic (exact) mass is 347 g/mol. The number of para-hydroxylation sites is 1. The number of hydrogen-bond donors (Lipinski definition) is 1. The molecule has 2 aromatic carbocycles. The molecule has 0 radical (unpaired) electrons. The zero-order chi connectivity index (χ0) is 18.6. The van der Waals surface area contributed by atoms with Crippen LogP contribution >= 0.6 is 0 Å². The van der Waals surface area contributed by atoms with E-state index in [0.29, 0.717) is 6.54 Å². The van der Waals surface area contributed by atoms with Crippen molar-refractivity contribution < 1.29 is 9.21 Å². The molecule has 1 amide bonds. The number of fused-ring (bicyclic) bond motifs is 3. The smallest absolute Gasteiger partial charge is 0.243 e. The van der Waals surface area contributed by atoms with Crippen LogP contribution in [0.5, 0.6) is 0 Å². The molecule has 0 saturated heterocycles. The summed E-state index contributed by atoms with van der Waals surface area (Å²) in [4.78, 5) is 11.7. The first-order chi connectivity index (χ1) is 12.4. The van der Waals surface area contributed by atoms with Gasteiger partial charge in [-0.15, -0.1) is 0 Å². The van der Waals surface area contributed by atoms with E-state index in [1.165, 1.54) is 5.56 Å². The van der Waals surface area contributed by atoms with Crippen molar-refractivity contribution in [3.63, 3.8) is 0 Å². The second-order valence-electron chi connectivity index (χ2n) is 7.70. The van der Waals surface area contributed by atoms with Gasteiger partial charge in [0.15, 0.2) is 0 Å². The molecule has 0 aliphatic carbocycles. The summed E-state index contributed by atoms with van der Waals surface area (Å²) in [7, 11) is 0. The normalized spacial score (nSPS) is 12.6. The lowest BCUT2D eigenvalue weighted by Gasteiger charge is -2.17. The number of carbonyl (C=O) groups excluding carboxylic acids is 1. The molecule has 1 N–H and O–H groups in total. The maximum Gasteiger partial charge on any atom is 0.243 e. The number of furan rings is 1. The zero-order valence-electron chi connectivity index (χ0n) is 15.6. The number of allylic oxidation sites excluding steroid dienone is 3. The molecule has 26 heavy (non-hydrogen) atoms. The first kappa shape index (κ1) is 18.0. The molecule has 1 aromatic heterocycles. The highest BCUT2D eigenvalue weighted by molar-refractivity contribution is 6.04. The van der Waals surface area contributed by atoms with E-state index in [9.17, 15) is 4.79 Å². The number of amides is 1.